The van der Waals surface area contributed by atoms with Crippen molar-refractivity contribution in [2.45, 2.75) is 20.8 Å². The number of esters is 1. The molecule has 1 N–H and O–H groups in total. The summed E-state index contributed by atoms with van der Waals surface area (Å²) in [7, 11) is 1.50. The van der Waals surface area contributed by atoms with E-state index in [9.17, 15) is 14.4 Å². The van der Waals surface area contributed by atoms with E-state index in [0.29, 0.717) is 16.0 Å². The highest BCUT2D eigenvalue weighted by molar-refractivity contribution is 7.18. The number of thiophene rings is 1. The minimum absolute atomic E-state index is 0.264. The number of amides is 1. The average Bonchev–Trinajstić information content (AvgIpc) is 2.97. The van der Waals surface area contributed by atoms with Crippen LogP contribution < -0.4 is 15.7 Å². The van der Waals surface area contributed by atoms with Crippen LogP contribution in [0.5, 0.6) is 5.75 Å². The molecule has 28 heavy (non-hydrogen) atoms. The van der Waals surface area contributed by atoms with Crippen LogP contribution in [0.1, 0.15) is 26.4 Å². The van der Waals surface area contributed by atoms with Crippen molar-refractivity contribution >= 4 is 33.4 Å². The van der Waals surface area contributed by atoms with Gasteiger partial charge in [-0.2, -0.15) is 0 Å². The van der Waals surface area contributed by atoms with Crippen LogP contribution in [-0.4, -0.2) is 35.3 Å². The minimum Gasteiger partial charge on any atom is -0.496 e. The molecule has 2 aromatic heterocycles. The Morgan fingerprint density at radius 2 is 2.00 bits per heavy atom. The van der Waals surface area contributed by atoms with Crippen LogP contribution in [0.2, 0.25) is 0 Å². The number of nitrogens with zero attached hydrogens (tertiary/aromatic N) is 2. The van der Waals surface area contributed by atoms with Crippen LogP contribution in [0.25, 0.3) is 10.2 Å². The number of carbonyl (C=O) groups is 2. The van der Waals surface area contributed by atoms with Crippen molar-refractivity contribution < 1.29 is 19.1 Å². The summed E-state index contributed by atoms with van der Waals surface area (Å²) >= 11 is 1.42. The number of hydrogen-bond donors (Lipinski definition) is 1. The Kier molecular flexibility index (Phi) is 5.46. The molecule has 0 saturated carbocycles. The zero-order valence-corrected chi connectivity index (χ0v) is 16.7. The topological polar surface area (TPSA) is 99.5 Å². The van der Waals surface area contributed by atoms with Gasteiger partial charge in [-0.1, -0.05) is 6.07 Å². The van der Waals surface area contributed by atoms with Gasteiger partial charge in [-0.15, -0.1) is 11.3 Å². The van der Waals surface area contributed by atoms with Crippen LogP contribution in [0.4, 0.5) is 0 Å². The smallest absolute Gasteiger partial charge is 0.338 e. The molecule has 0 fully saturated rings. The number of hydrogen-bond acceptors (Lipinski definition) is 7. The van der Waals surface area contributed by atoms with Crippen molar-refractivity contribution in [3.8, 4) is 5.75 Å². The second-order valence-corrected chi connectivity index (χ2v) is 7.38. The SMILES string of the molecule is COc1cc(C(=O)OCC(=O)Nn2cnc3sc(C)c(C)c3c2=O)ccc1C. The third-order valence-corrected chi connectivity index (χ3v) is 5.43. The lowest BCUT2D eigenvalue weighted by Gasteiger charge is -2.10. The van der Waals surface area contributed by atoms with E-state index >= 15 is 0 Å². The Labute approximate surface area is 164 Å². The van der Waals surface area contributed by atoms with Crippen molar-refractivity contribution in [2.75, 3.05) is 19.1 Å². The van der Waals surface area contributed by atoms with Gasteiger partial charge in [0.05, 0.1) is 18.1 Å². The van der Waals surface area contributed by atoms with Crippen LogP contribution in [0.15, 0.2) is 29.3 Å². The molecule has 9 heteroatoms. The van der Waals surface area contributed by atoms with Crippen LogP contribution in [0, 0.1) is 20.8 Å². The van der Waals surface area contributed by atoms with Gasteiger partial charge in [-0.05, 0) is 44.0 Å². The average molecular weight is 401 g/mol. The lowest BCUT2D eigenvalue weighted by molar-refractivity contribution is -0.120. The summed E-state index contributed by atoms with van der Waals surface area (Å²) in [6.07, 6.45) is 1.24. The van der Waals surface area contributed by atoms with Crippen molar-refractivity contribution in [3.05, 3.63) is 56.4 Å². The maximum absolute atomic E-state index is 12.6. The van der Waals surface area contributed by atoms with Gasteiger partial charge < -0.3 is 9.47 Å². The summed E-state index contributed by atoms with van der Waals surface area (Å²) in [4.78, 5) is 42.6. The zero-order valence-electron chi connectivity index (χ0n) is 15.9. The number of ether oxygens (including phenoxy) is 2. The molecule has 2 heterocycles. The number of fused-ring (bicyclic) bond motifs is 1. The number of rotatable bonds is 5. The van der Waals surface area contributed by atoms with E-state index in [0.717, 1.165) is 20.7 Å². The van der Waals surface area contributed by atoms with E-state index < -0.39 is 18.5 Å². The molecule has 1 aromatic carbocycles. The van der Waals surface area contributed by atoms with Crippen molar-refractivity contribution in [3.63, 3.8) is 0 Å². The molecule has 0 saturated heterocycles. The second-order valence-electron chi connectivity index (χ2n) is 6.18. The standard InChI is InChI=1S/C19H19N3O5S/c1-10-5-6-13(7-14(10)26-4)19(25)27-8-15(23)21-22-9-20-17-16(18(22)24)11(2)12(3)28-17/h5-7,9H,8H2,1-4H3,(H,21,23). The van der Waals surface area contributed by atoms with Gasteiger partial charge in [0, 0.05) is 4.88 Å². The van der Waals surface area contributed by atoms with Gasteiger partial charge >= 0.3 is 5.97 Å². The summed E-state index contributed by atoms with van der Waals surface area (Å²) in [5.74, 6) is -0.773. The molecule has 0 aliphatic heterocycles. The number of aryl methyl sites for hydroxylation is 3. The van der Waals surface area contributed by atoms with Gasteiger partial charge in [0.15, 0.2) is 6.61 Å². The minimum atomic E-state index is -0.668. The third kappa shape index (κ3) is 3.74. The monoisotopic (exact) mass is 401 g/mol. The molecule has 8 nitrogen and oxygen atoms in total. The van der Waals surface area contributed by atoms with Gasteiger partial charge in [0.25, 0.3) is 11.5 Å². The molecule has 0 aliphatic rings. The number of nitrogens with one attached hydrogen (secondary N) is 1. The highest BCUT2D eigenvalue weighted by atomic mass is 32.1. The summed E-state index contributed by atoms with van der Waals surface area (Å²) < 4.78 is 11.2. The van der Waals surface area contributed by atoms with Gasteiger partial charge in [0.2, 0.25) is 0 Å². The second kappa shape index (κ2) is 7.81. The van der Waals surface area contributed by atoms with Crippen LogP contribution in [-0.2, 0) is 9.53 Å². The molecule has 3 aromatic rings. The van der Waals surface area contributed by atoms with Crippen molar-refractivity contribution in [1.82, 2.24) is 9.66 Å². The van der Waals surface area contributed by atoms with Gasteiger partial charge in [0.1, 0.15) is 16.9 Å². The third-order valence-electron chi connectivity index (χ3n) is 4.31. The van der Waals surface area contributed by atoms with E-state index in [2.05, 4.69) is 10.4 Å². The quantitative estimate of drug-likeness (QED) is 0.659. The van der Waals surface area contributed by atoms with Crippen LogP contribution in [0.3, 0.4) is 0 Å². The predicted octanol–water partition coefficient (Wildman–Crippen LogP) is 2.32. The van der Waals surface area contributed by atoms with E-state index in [-0.39, 0.29) is 11.1 Å². The first-order valence-corrected chi connectivity index (χ1v) is 9.22. The van der Waals surface area contributed by atoms with E-state index in [1.165, 1.54) is 24.8 Å². The number of aromatic nitrogens is 2. The first-order chi connectivity index (χ1) is 13.3. The van der Waals surface area contributed by atoms with Gasteiger partial charge in [-0.25, -0.2) is 14.5 Å². The summed E-state index contributed by atoms with van der Waals surface area (Å²) in [5.41, 5.74) is 3.97. The van der Waals surface area contributed by atoms with Gasteiger partial charge in [-0.3, -0.25) is 15.0 Å². The summed E-state index contributed by atoms with van der Waals surface area (Å²) in [6, 6.07) is 4.85. The van der Waals surface area contributed by atoms with Crippen molar-refractivity contribution in [1.29, 1.82) is 0 Å². The van der Waals surface area contributed by atoms with Crippen LogP contribution >= 0.6 is 11.3 Å². The summed E-state index contributed by atoms with van der Waals surface area (Å²) in [5, 5.41) is 0.467. The molecule has 0 atom stereocenters. The molecule has 1 amide bonds. The number of carbonyl (C=O) groups excluding carboxylic acids is 2. The Morgan fingerprint density at radius 3 is 2.71 bits per heavy atom. The molecule has 3 rings (SSSR count). The van der Waals surface area contributed by atoms with Crippen molar-refractivity contribution in [2.24, 2.45) is 0 Å². The maximum atomic E-state index is 12.6. The fourth-order valence-electron chi connectivity index (χ4n) is 2.64. The first-order valence-electron chi connectivity index (χ1n) is 8.40. The van der Waals surface area contributed by atoms with E-state index in [1.807, 2.05) is 20.8 Å². The largest absolute Gasteiger partial charge is 0.496 e. The first kappa shape index (κ1) is 19.6. The Hall–Kier alpha value is -3.20. The molecular weight excluding hydrogens is 382 g/mol. The Bertz CT molecular complexity index is 1130. The molecule has 146 valence electrons. The number of methoxy groups -OCH3 is 1. The number of benzene rings is 1. The molecule has 0 aliphatic carbocycles. The lowest BCUT2D eigenvalue weighted by Crippen LogP contribution is -2.35. The molecule has 0 radical (unpaired) electrons. The van der Waals surface area contributed by atoms with E-state index in [1.54, 1.807) is 18.2 Å². The lowest BCUT2D eigenvalue weighted by atomic mass is 10.1. The molecule has 0 spiro atoms. The Balaban J connectivity index is 1.68. The maximum Gasteiger partial charge on any atom is 0.338 e. The fraction of sp³-hybridized carbons (Fsp3) is 0.263. The zero-order chi connectivity index (χ0) is 20.4. The summed E-state index contributed by atoms with van der Waals surface area (Å²) in [6.45, 7) is 5.05. The predicted molar refractivity (Wildman–Crippen MR) is 106 cm³/mol. The molecule has 0 bridgehead atoms. The fourth-order valence-corrected chi connectivity index (χ4v) is 3.63. The Morgan fingerprint density at radius 1 is 1.25 bits per heavy atom. The normalized spacial score (nSPS) is 10.7. The highest BCUT2D eigenvalue weighted by Crippen LogP contribution is 2.25. The molecule has 0 unspecified atom stereocenters. The molecular formula is C19H19N3O5S. The highest BCUT2D eigenvalue weighted by Gasteiger charge is 2.15. The van der Waals surface area contributed by atoms with E-state index in [4.69, 9.17) is 9.47 Å².